The first-order valence-corrected chi connectivity index (χ1v) is 5.40. The van der Waals surface area contributed by atoms with E-state index < -0.39 is 23.6 Å². The molecular formula is C11H22O4. The van der Waals surface area contributed by atoms with Crippen LogP contribution in [0.3, 0.4) is 0 Å². The van der Waals surface area contributed by atoms with Crippen LogP contribution in [0, 0.1) is 5.41 Å². The van der Waals surface area contributed by atoms with Crippen LogP contribution in [0.15, 0.2) is 0 Å². The maximum atomic E-state index is 10.4. The number of carboxylic acid groups (broad SMARTS) is 1. The third kappa shape index (κ3) is 4.62. The lowest BCUT2D eigenvalue weighted by Crippen LogP contribution is -2.40. The minimum Gasteiger partial charge on any atom is -0.481 e. The molecule has 3 N–H and O–H groups in total. The maximum Gasteiger partial charge on any atom is 0.303 e. The van der Waals surface area contributed by atoms with Crippen molar-refractivity contribution in [3.05, 3.63) is 0 Å². The van der Waals surface area contributed by atoms with Gasteiger partial charge in [0, 0.05) is 11.8 Å². The Hall–Kier alpha value is -0.610. The van der Waals surface area contributed by atoms with Crippen LogP contribution in [0.5, 0.6) is 0 Å². The van der Waals surface area contributed by atoms with E-state index in [1.54, 1.807) is 13.8 Å². The monoisotopic (exact) mass is 218 g/mol. The highest BCUT2D eigenvalue weighted by molar-refractivity contribution is 5.66. The van der Waals surface area contributed by atoms with E-state index in [0.29, 0.717) is 6.42 Å². The first kappa shape index (κ1) is 14.4. The Morgan fingerprint density at radius 1 is 1.20 bits per heavy atom. The summed E-state index contributed by atoms with van der Waals surface area (Å²) in [5.41, 5.74) is -0.647. The van der Waals surface area contributed by atoms with Crippen LogP contribution in [0.25, 0.3) is 0 Å². The number of aliphatic hydroxyl groups is 2. The Morgan fingerprint density at radius 2 is 1.67 bits per heavy atom. The standard InChI is InChI=1S/C11H22O4/c1-4-5-8(12)11(2,3)9(13)6-7-10(14)15/h8-9,12-13H,4-7H2,1-3H3,(H,14,15). The fourth-order valence-electron chi connectivity index (χ4n) is 1.50. The van der Waals surface area contributed by atoms with Gasteiger partial charge in [0.05, 0.1) is 12.2 Å². The van der Waals surface area contributed by atoms with Gasteiger partial charge in [0.25, 0.3) is 0 Å². The summed E-state index contributed by atoms with van der Waals surface area (Å²) in [6.07, 6.45) is 0.210. The van der Waals surface area contributed by atoms with Crippen molar-refractivity contribution in [2.24, 2.45) is 5.41 Å². The molecule has 0 heterocycles. The van der Waals surface area contributed by atoms with E-state index in [4.69, 9.17) is 5.11 Å². The Balaban J connectivity index is 4.23. The second kappa shape index (κ2) is 6.08. The van der Waals surface area contributed by atoms with E-state index in [2.05, 4.69) is 0 Å². The van der Waals surface area contributed by atoms with Crippen LogP contribution in [-0.2, 0) is 4.79 Å². The smallest absolute Gasteiger partial charge is 0.303 e. The topological polar surface area (TPSA) is 77.8 Å². The van der Waals surface area contributed by atoms with Gasteiger partial charge >= 0.3 is 5.97 Å². The zero-order chi connectivity index (χ0) is 12.1. The molecule has 0 radical (unpaired) electrons. The molecule has 0 aromatic heterocycles. The third-order valence-electron chi connectivity index (χ3n) is 2.91. The zero-order valence-corrected chi connectivity index (χ0v) is 9.73. The van der Waals surface area contributed by atoms with Gasteiger partial charge in [-0.1, -0.05) is 27.2 Å². The summed E-state index contributed by atoms with van der Waals surface area (Å²) >= 11 is 0. The number of rotatable bonds is 7. The molecule has 4 nitrogen and oxygen atoms in total. The van der Waals surface area contributed by atoms with Gasteiger partial charge in [0.1, 0.15) is 0 Å². The lowest BCUT2D eigenvalue weighted by Gasteiger charge is -2.35. The number of carbonyl (C=O) groups is 1. The molecule has 0 amide bonds. The average Bonchev–Trinajstić information content (AvgIpc) is 2.14. The van der Waals surface area contributed by atoms with Gasteiger partial charge < -0.3 is 15.3 Å². The molecule has 2 atom stereocenters. The third-order valence-corrected chi connectivity index (χ3v) is 2.91. The van der Waals surface area contributed by atoms with Crippen LogP contribution in [0.4, 0.5) is 0 Å². The number of aliphatic hydroxyl groups excluding tert-OH is 2. The van der Waals surface area contributed by atoms with E-state index >= 15 is 0 Å². The van der Waals surface area contributed by atoms with Gasteiger partial charge in [0.15, 0.2) is 0 Å². The Labute approximate surface area is 90.9 Å². The van der Waals surface area contributed by atoms with Crippen molar-refractivity contribution in [3.8, 4) is 0 Å². The molecular weight excluding hydrogens is 196 g/mol. The lowest BCUT2D eigenvalue weighted by atomic mass is 9.77. The van der Waals surface area contributed by atoms with E-state index in [9.17, 15) is 15.0 Å². The molecule has 0 fully saturated rings. The Bertz CT molecular complexity index is 201. The molecule has 0 bridgehead atoms. The average molecular weight is 218 g/mol. The van der Waals surface area contributed by atoms with Crippen molar-refractivity contribution in [2.45, 2.75) is 58.7 Å². The quantitative estimate of drug-likeness (QED) is 0.603. The molecule has 0 rings (SSSR count). The Morgan fingerprint density at radius 3 is 2.07 bits per heavy atom. The van der Waals surface area contributed by atoms with Crippen molar-refractivity contribution in [2.75, 3.05) is 0 Å². The number of carboxylic acids is 1. The van der Waals surface area contributed by atoms with Crippen LogP contribution in [-0.4, -0.2) is 33.5 Å². The predicted molar refractivity (Wildman–Crippen MR) is 57.6 cm³/mol. The van der Waals surface area contributed by atoms with E-state index in [0.717, 1.165) is 6.42 Å². The van der Waals surface area contributed by atoms with Gasteiger partial charge in [-0.25, -0.2) is 0 Å². The van der Waals surface area contributed by atoms with Crippen LogP contribution in [0.2, 0.25) is 0 Å². The molecule has 0 aromatic carbocycles. The minimum atomic E-state index is -0.921. The summed E-state index contributed by atoms with van der Waals surface area (Å²) in [6, 6.07) is 0. The highest BCUT2D eigenvalue weighted by atomic mass is 16.4. The summed E-state index contributed by atoms with van der Waals surface area (Å²) < 4.78 is 0. The normalized spacial score (nSPS) is 16.1. The van der Waals surface area contributed by atoms with Gasteiger partial charge in [-0.05, 0) is 12.8 Å². The zero-order valence-electron chi connectivity index (χ0n) is 9.73. The van der Waals surface area contributed by atoms with Crippen molar-refractivity contribution >= 4 is 5.97 Å². The molecule has 90 valence electrons. The minimum absolute atomic E-state index is 0.0660. The number of hydrogen-bond acceptors (Lipinski definition) is 3. The predicted octanol–water partition coefficient (Wildman–Crippen LogP) is 1.40. The molecule has 4 heteroatoms. The summed E-state index contributed by atoms with van der Waals surface area (Å²) in [5.74, 6) is -0.921. The van der Waals surface area contributed by atoms with Crippen molar-refractivity contribution in [3.63, 3.8) is 0 Å². The first-order chi connectivity index (χ1) is 6.82. The molecule has 0 aliphatic heterocycles. The molecule has 0 saturated heterocycles. The molecule has 0 aliphatic rings. The van der Waals surface area contributed by atoms with Gasteiger partial charge in [-0.3, -0.25) is 4.79 Å². The summed E-state index contributed by atoms with van der Waals surface area (Å²) in [5, 5.41) is 28.1. The first-order valence-electron chi connectivity index (χ1n) is 5.40. The maximum absolute atomic E-state index is 10.4. The van der Waals surface area contributed by atoms with E-state index in [-0.39, 0.29) is 12.8 Å². The largest absolute Gasteiger partial charge is 0.481 e. The molecule has 2 unspecified atom stereocenters. The highest BCUT2D eigenvalue weighted by Gasteiger charge is 2.34. The lowest BCUT2D eigenvalue weighted by molar-refractivity contribution is -0.138. The van der Waals surface area contributed by atoms with Crippen LogP contribution >= 0.6 is 0 Å². The SMILES string of the molecule is CCCC(O)C(C)(C)C(O)CCC(=O)O. The van der Waals surface area contributed by atoms with Crippen LogP contribution in [0.1, 0.15) is 46.5 Å². The summed E-state index contributed by atoms with van der Waals surface area (Å²) in [6.45, 7) is 5.49. The van der Waals surface area contributed by atoms with E-state index in [1.165, 1.54) is 0 Å². The van der Waals surface area contributed by atoms with Crippen molar-refractivity contribution < 1.29 is 20.1 Å². The molecule has 0 aliphatic carbocycles. The van der Waals surface area contributed by atoms with Gasteiger partial charge in [0.2, 0.25) is 0 Å². The Kier molecular flexibility index (Phi) is 5.83. The fourth-order valence-corrected chi connectivity index (χ4v) is 1.50. The molecule has 0 aromatic rings. The van der Waals surface area contributed by atoms with E-state index in [1.807, 2.05) is 6.92 Å². The van der Waals surface area contributed by atoms with Crippen molar-refractivity contribution in [1.29, 1.82) is 0 Å². The highest BCUT2D eigenvalue weighted by Crippen LogP contribution is 2.30. The second-order valence-corrected chi connectivity index (χ2v) is 4.57. The van der Waals surface area contributed by atoms with Crippen LogP contribution < -0.4 is 0 Å². The molecule has 0 saturated carbocycles. The van der Waals surface area contributed by atoms with Gasteiger partial charge in [-0.2, -0.15) is 0 Å². The van der Waals surface area contributed by atoms with Gasteiger partial charge in [-0.15, -0.1) is 0 Å². The molecule has 0 spiro atoms. The molecule has 15 heavy (non-hydrogen) atoms. The van der Waals surface area contributed by atoms with Crippen molar-refractivity contribution in [1.82, 2.24) is 0 Å². The summed E-state index contributed by atoms with van der Waals surface area (Å²) in [4.78, 5) is 10.4. The summed E-state index contributed by atoms with van der Waals surface area (Å²) in [7, 11) is 0. The number of hydrogen-bond donors (Lipinski definition) is 3. The second-order valence-electron chi connectivity index (χ2n) is 4.57. The number of aliphatic carboxylic acids is 1. The fraction of sp³-hybridized carbons (Fsp3) is 0.909.